The topological polar surface area (TPSA) is 77.3 Å². The molecule has 0 saturated carbocycles. The minimum Gasteiger partial charge on any atom is -0.261 e. The minimum atomic E-state index is 0.643. The fourth-order valence-electron chi connectivity index (χ4n) is 2.45. The van der Waals surface area contributed by atoms with E-state index in [1.807, 2.05) is 38.1 Å². The summed E-state index contributed by atoms with van der Waals surface area (Å²) in [6.07, 6.45) is 10.6. The standard InChI is InChI=1S/C20H16N6/c1-13-3-5-15(7-21-13)19-23-9-17(10-24-19)18-11-25-20(26-12-18)16-6-4-14(2)22-8-16/h3-12H,1-2H3. The van der Waals surface area contributed by atoms with Gasteiger partial charge in [0.15, 0.2) is 11.6 Å². The molecule has 4 rings (SSSR count). The van der Waals surface area contributed by atoms with Crippen LogP contribution in [0.4, 0.5) is 0 Å². The molecule has 0 bridgehead atoms. The van der Waals surface area contributed by atoms with Gasteiger partial charge >= 0.3 is 0 Å². The van der Waals surface area contributed by atoms with Crippen molar-refractivity contribution in [1.82, 2.24) is 29.9 Å². The molecule has 0 aliphatic heterocycles. The van der Waals surface area contributed by atoms with Crippen LogP contribution in [0.25, 0.3) is 33.9 Å². The van der Waals surface area contributed by atoms with Gasteiger partial charge in [-0.3, -0.25) is 9.97 Å². The van der Waals surface area contributed by atoms with Gasteiger partial charge in [0.2, 0.25) is 0 Å². The van der Waals surface area contributed by atoms with Crippen LogP contribution in [0, 0.1) is 13.8 Å². The second kappa shape index (κ2) is 6.76. The highest BCUT2D eigenvalue weighted by Crippen LogP contribution is 2.21. The number of hydrogen-bond acceptors (Lipinski definition) is 6. The molecule has 26 heavy (non-hydrogen) atoms. The number of aromatic nitrogens is 6. The first kappa shape index (κ1) is 16.0. The van der Waals surface area contributed by atoms with Crippen LogP contribution >= 0.6 is 0 Å². The Morgan fingerprint density at radius 2 is 0.769 bits per heavy atom. The Kier molecular flexibility index (Phi) is 4.15. The summed E-state index contributed by atoms with van der Waals surface area (Å²) in [5.41, 5.74) is 5.43. The molecule has 4 aromatic heterocycles. The van der Waals surface area contributed by atoms with Crippen LogP contribution in [0.3, 0.4) is 0 Å². The first-order valence-corrected chi connectivity index (χ1v) is 8.19. The molecule has 0 fully saturated rings. The molecule has 0 radical (unpaired) electrons. The quantitative estimate of drug-likeness (QED) is 0.566. The van der Waals surface area contributed by atoms with Crippen LogP contribution in [0.15, 0.2) is 61.4 Å². The van der Waals surface area contributed by atoms with Crippen LogP contribution in [0.2, 0.25) is 0 Å². The molecule has 126 valence electrons. The van der Waals surface area contributed by atoms with Gasteiger partial charge in [-0.05, 0) is 38.1 Å². The van der Waals surface area contributed by atoms with Crippen LogP contribution < -0.4 is 0 Å². The van der Waals surface area contributed by atoms with E-state index in [1.54, 1.807) is 37.2 Å². The lowest BCUT2D eigenvalue weighted by Crippen LogP contribution is -1.94. The lowest BCUT2D eigenvalue weighted by atomic mass is 10.2. The van der Waals surface area contributed by atoms with Gasteiger partial charge in [0, 0.05) is 70.8 Å². The highest BCUT2D eigenvalue weighted by Gasteiger charge is 2.06. The monoisotopic (exact) mass is 340 g/mol. The molecule has 0 aliphatic carbocycles. The van der Waals surface area contributed by atoms with E-state index < -0.39 is 0 Å². The normalized spacial score (nSPS) is 10.7. The van der Waals surface area contributed by atoms with Crippen molar-refractivity contribution in [2.45, 2.75) is 13.8 Å². The van der Waals surface area contributed by atoms with Gasteiger partial charge in [0.25, 0.3) is 0 Å². The summed E-state index contributed by atoms with van der Waals surface area (Å²) >= 11 is 0. The van der Waals surface area contributed by atoms with Crippen LogP contribution in [-0.2, 0) is 0 Å². The fourth-order valence-corrected chi connectivity index (χ4v) is 2.45. The zero-order chi connectivity index (χ0) is 17.9. The molecular formula is C20H16N6. The van der Waals surface area contributed by atoms with E-state index >= 15 is 0 Å². The van der Waals surface area contributed by atoms with Crippen molar-refractivity contribution >= 4 is 0 Å². The van der Waals surface area contributed by atoms with E-state index in [0.717, 1.165) is 33.6 Å². The Labute approximate surface area is 151 Å². The zero-order valence-corrected chi connectivity index (χ0v) is 14.5. The summed E-state index contributed by atoms with van der Waals surface area (Å²) in [4.78, 5) is 26.3. The Morgan fingerprint density at radius 1 is 0.423 bits per heavy atom. The van der Waals surface area contributed by atoms with Crippen molar-refractivity contribution in [1.29, 1.82) is 0 Å². The number of hydrogen-bond donors (Lipinski definition) is 0. The maximum atomic E-state index is 4.43. The molecule has 0 spiro atoms. The Bertz CT molecular complexity index is 921. The smallest absolute Gasteiger partial charge is 0.160 e. The molecule has 4 aromatic rings. The predicted octanol–water partition coefficient (Wildman–Crippen LogP) is 3.67. The second-order valence-electron chi connectivity index (χ2n) is 5.97. The van der Waals surface area contributed by atoms with Crippen molar-refractivity contribution in [2.75, 3.05) is 0 Å². The maximum Gasteiger partial charge on any atom is 0.160 e. The molecule has 6 nitrogen and oxygen atoms in total. The molecule has 0 aliphatic rings. The highest BCUT2D eigenvalue weighted by molar-refractivity contribution is 5.63. The second-order valence-corrected chi connectivity index (χ2v) is 5.97. The zero-order valence-electron chi connectivity index (χ0n) is 14.5. The van der Waals surface area contributed by atoms with Gasteiger partial charge in [0.1, 0.15) is 0 Å². The van der Waals surface area contributed by atoms with Crippen molar-refractivity contribution in [3.8, 4) is 33.9 Å². The number of aryl methyl sites for hydroxylation is 2. The predicted molar refractivity (Wildman–Crippen MR) is 99.0 cm³/mol. The number of rotatable bonds is 3. The molecule has 6 heteroatoms. The third kappa shape index (κ3) is 3.30. The first-order chi connectivity index (χ1) is 12.7. The van der Waals surface area contributed by atoms with Gasteiger partial charge in [-0.25, -0.2) is 19.9 Å². The Morgan fingerprint density at radius 3 is 1.08 bits per heavy atom. The highest BCUT2D eigenvalue weighted by atomic mass is 14.9. The van der Waals surface area contributed by atoms with Crippen LogP contribution in [-0.4, -0.2) is 29.9 Å². The van der Waals surface area contributed by atoms with E-state index in [4.69, 9.17) is 0 Å². The van der Waals surface area contributed by atoms with Crippen LogP contribution in [0.1, 0.15) is 11.4 Å². The molecule has 0 unspecified atom stereocenters. The molecule has 0 atom stereocenters. The van der Waals surface area contributed by atoms with E-state index in [2.05, 4.69) is 29.9 Å². The first-order valence-electron chi connectivity index (χ1n) is 8.19. The van der Waals surface area contributed by atoms with Crippen molar-refractivity contribution in [3.63, 3.8) is 0 Å². The lowest BCUT2D eigenvalue weighted by molar-refractivity contribution is 1.13. The third-order valence-corrected chi connectivity index (χ3v) is 3.98. The fraction of sp³-hybridized carbons (Fsp3) is 0.100. The van der Waals surface area contributed by atoms with Crippen molar-refractivity contribution in [2.24, 2.45) is 0 Å². The van der Waals surface area contributed by atoms with E-state index in [0.29, 0.717) is 11.6 Å². The number of pyridine rings is 2. The van der Waals surface area contributed by atoms with Gasteiger partial charge < -0.3 is 0 Å². The van der Waals surface area contributed by atoms with Gasteiger partial charge in [-0.1, -0.05) is 0 Å². The van der Waals surface area contributed by atoms with E-state index in [1.165, 1.54) is 0 Å². The van der Waals surface area contributed by atoms with Gasteiger partial charge in [0.05, 0.1) is 0 Å². The summed E-state index contributed by atoms with van der Waals surface area (Å²) in [5.74, 6) is 1.29. The summed E-state index contributed by atoms with van der Waals surface area (Å²) in [7, 11) is 0. The van der Waals surface area contributed by atoms with E-state index in [9.17, 15) is 0 Å². The summed E-state index contributed by atoms with van der Waals surface area (Å²) in [5, 5.41) is 0. The minimum absolute atomic E-state index is 0.643. The third-order valence-electron chi connectivity index (χ3n) is 3.98. The summed E-state index contributed by atoms with van der Waals surface area (Å²) < 4.78 is 0. The molecule has 0 N–H and O–H groups in total. The van der Waals surface area contributed by atoms with Gasteiger partial charge in [-0.15, -0.1) is 0 Å². The maximum absolute atomic E-state index is 4.43. The van der Waals surface area contributed by atoms with Crippen molar-refractivity contribution < 1.29 is 0 Å². The molecule has 0 aromatic carbocycles. The van der Waals surface area contributed by atoms with Crippen molar-refractivity contribution in [3.05, 3.63) is 72.8 Å². The number of nitrogens with zero attached hydrogens (tertiary/aromatic N) is 6. The average Bonchev–Trinajstić information content (AvgIpc) is 2.70. The molecule has 4 heterocycles. The Balaban J connectivity index is 1.57. The van der Waals surface area contributed by atoms with E-state index in [-0.39, 0.29) is 0 Å². The molecule has 0 amide bonds. The van der Waals surface area contributed by atoms with Crippen LogP contribution in [0.5, 0.6) is 0 Å². The summed E-state index contributed by atoms with van der Waals surface area (Å²) in [6.45, 7) is 3.90. The SMILES string of the molecule is Cc1ccc(-c2ncc(-c3cnc(-c4ccc(C)nc4)nc3)cn2)cn1. The lowest BCUT2D eigenvalue weighted by Gasteiger charge is -2.04. The Hall–Kier alpha value is -3.54. The average molecular weight is 340 g/mol. The van der Waals surface area contributed by atoms with Gasteiger partial charge in [-0.2, -0.15) is 0 Å². The molecule has 0 saturated heterocycles. The molecular weight excluding hydrogens is 324 g/mol. The summed E-state index contributed by atoms with van der Waals surface area (Å²) in [6, 6.07) is 7.81. The largest absolute Gasteiger partial charge is 0.261 e.